The third-order valence-corrected chi connectivity index (χ3v) is 3.44. The van der Waals surface area contributed by atoms with Crippen molar-refractivity contribution in [3.05, 3.63) is 28.8 Å². The van der Waals surface area contributed by atoms with Gasteiger partial charge in [-0.1, -0.05) is 0 Å². The number of aryl methyl sites for hydroxylation is 2. The third-order valence-electron chi connectivity index (χ3n) is 3.44. The Hall–Kier alpha value is -1.71. The van der Waals surface area contributed by atoms with Crippen LogP contribution in [-0.4, -0.2) is 31.6 Å². The molecule has 4 heteroatoms. The lowest BCUT2D eigenvalue weighted by Crippen LogP contribution is -2.25. The molecule has 4 nitrogen and oxygen atoms in total. The summed E-state index contributed by atoms with van der Waals surface area (Å²) < 4.78 is 5.41. The largest absolute Gasteiger partial charge is 0.496 e. The summed E-state index contributed by atoms with van der Waals surface area (Å²) >= 11 is 0. The van der Waals surface area contributed by atoms with Gasteiger partial charge in [-0.05, 0) is 37.1 Å². The van der Waals surface area contributed by atoms with Crippen LogP contribution in [0.4, 0.5) is 4.79 Å². The normalized spacial score (nSPS) is 19.4. The molecule has 1 aliphatic rings. The summed E-state index contributed by atoms with van der Waals surface area (Å²) in [5.41, 5.74) is 3.48. The van der Waals surface area contributed by atoms with Crippen LogP contribution in [0.3, 0.4) is 0 Å². The molecular formula is C13H18N2O2. The van der Waals surface area contributed by atoms with Gasteiger partial charge in [-0.25, -0.2) is 4.79 Å². The number of nitrogens with one attached hydrogen (secondary N) is 1. The highest BCUT2D eigenvalue weighted by Crippen LogP contribution is 2.32. The fourth-order valence-corrected chi connectivity index (χ4v) is 2.15. The number of likely N-dealkylation sites (N-methyl/N-ethyl adjacent to an activating group) is 1. The van der Waals surface area contributed by atoms with Crippen molar-refractivity contribution in [2.45, 2.75) is 19.9 Å². The summed E-state index contributed by atoms with van der Waals surface area (Å²) in [5.74, 6) is 0.849. The molecule has 92 valence electrons. The molecule has 1 aliphatic heterocycles. The van der Waals surface area contributed by atoms with Gasteiger partial charge < -0.3 is 15.0 Å². The lowest BCUT2D eigenvalue weighted by Gasteiger charge is -2.21. The Morgan fingerprint density at radius 1 is 1.35 bits per heavy atom. The highest BCUT2D eigenvalue weighted by molar-refractivity contribution is 5.77. The van der Waals surface area contributed by atoms with Crippen LogP contribution in [0.15, 0.2) is 12.1 Å². The second-order valence-electron chi connectivity index (χ2n) is 4.49. The number of ether oxygens (including phenoxy) is 1. The van der Waals surface area contributed by atoms with Crippen LogP contribution in [0.5, 0.6) is 5.75 Å². The number of amides is 2. The van der Waals surface area contributed by atoms with Gasteiger partial charge in [0.2, 0.25) is 0 Å². The third kappa shape index (κ3) is 1.95. The van der Waals surface area contributed by atoms with Crippen LogP contribution >= 0.6 is 0 Å². The van der Waals surface area contributed by atoms with Crippen molar-refractivity contribution >= 4 is 6.03 Å². The van der Waals surface area contributed by atoms with Crippen LogP contribution in [-0.2, 0) is 0 Å². The minimum atomic E-state index is -0.0321. The van der Waals surface area contributed by atoms with E-state index in [2.05, 4.69) is 25.2 Å². The van der Waals surface area contributed by atoms with Crippen molar-refractivity contribution in [2.75, 3.05) is 20.7 Å². The zero-order valence-corrected chi connectivity index (χ0v) is 10.7. The Balaban J connectivity index is 2.44. The predicted octanol–water partition coefficient (Wildman–Crippen LogP) is 2.01. The molecule has 1 aromatic rings. The minimum Gasteiger partial charge on any atom is -0.496 e. The van der Waals surface area contributed by atoms with E-state index in [0.717, 1.165) is 11.3 Å². The van der Waals surface area contributed by atoms with Crippen LogP contribution in [0, 0.1) is 13.8 Å². The zero-order valence-electron chi connectivity index (χ0n) is 10.7. The van der Waals surface area contributed by atoms with E-state index >= 15 is 0 Å². The molecule has 2 rings (SSSR count). The van der Waals surface area contributed by atoms with E-state index in [1.165, 1.54) is 11.1 Å². The maximum absolute atomic E-state index is 11.5. The SMILES string of the molecule is COc1cc(C)c(C)cc1C1CNC(=O)N1C. The smallest absolute Gasteiger partial charge is 0.317 e. The van der Waals surface area contributed by atoms with Crippen molar-refractivity contribution < 1.29 is 9.53 Å². The summed E-state index contributed by atoms with van der Waals surface area (Å²) in [4.78, 5) is 13.2. The summed E-state index contributed by atoms with van der Waals surface area (Å²) in [7, 11) is 3.47. The van der Waals surface area contributed by atoms with Crippen molar-refractivity contribution in [3.63, 3.8) is 0 Å². The Morgan fingerprint density at radius 2 is 2.00 bits per heavy atom. The monoisotopic (exact) mass is 234 g/mol. The van der Waals surface area contributed by atoms with E-state index in [1.54, 1.807) is 12.0 Å². The van der Waals surface area contributed by atoms with E-state index in [1.807, 2.05) is 13.1 Å². The summed E-state index contributed by atoms with van der Waals surface area (Å²) in [6.07, 6.45) is 0. The molecule has 17 heavy (non-hydrogen) atoms. The topological polar surface area (TPSA) is 41.6 Å². The molecule has 0 aliphatic carbocycles. The molecule has 0 bridgehead atoms. The Bertz CT molecular complexity index is 457. The van der Waals surface area contributed by atoms with Gasteiger partial charge in [-0.15, -0.1) is 0 Å². The maximum Gasteiger partial charge on any atom is 0.317 e. The quantitative estimate of drug-likeness (QED) is 0.850. The number of hydrogen-bond donors (Lipinski definition) is 1. The number of rotatable bonds is 2. The molecule has 1 N–H and O–H groups in total. The van der Waals surface area contributed by atoms with Crippen molar-refractivity contribution in [1.29, 1.82) is 0 Å². The van der Waals surface area contributed by atoms with E-state index in [4.69, 9.17) is 4.74 Å². The first-order valence-corrected chi connectivity index (χ1v) is 5.70. The Morgan fingerprint density at radius 3 is 2.53 bits per heavy atom. The number of urea groups is 1. The maximum atomic E-state index is 11.5. The highest BCUT2D eigenvalue weighted by atomic mass is 16.5. The molecular weight excluding hydrogens is 216 g/mol. The van der Waals surface area contributed by atoms with Crippen molar-refractivity contribution in [2.24, 2.45) is 0 Å². The molecule has 0 saturated carbocycles. The van der Waals surface area contributed by atoms with Gasteiger partial charge in [0.15, 0.2) is 0 Å². The van der Waals surface area contributed by atoms with E-state index in [-0.39, 0.29) is 12.1 Å². The fraction of sp³-hybridized carbons (Fsp3) is 0.462. The van der Waals surface area contributed by atoms with Crippen molar-refractivity contribution in [3.8, 4) is 5.75 Å². The van der Waals surface area contributed by atoms with Crippen molar-refractivity contribution in [1.82, 2.24) is 10.2 Å². The molecule has 0 aromatic heterocycles. The second-order valence-corrected chi connectivity index (χ2v) is 4.49. The first-order chi connectivity index (χ1) is 8.04. The average molecular weight is 234 g/mol. The number of hydrogen-bond acceptors (Lipinski definition) is 2. The number of carbonyl (C=O) groups is 1. The van der Waals surface area contributed by atoms with E-state index in [0.29, 0.717) is 6.54 Å². The standard InChI is InChI=1S/C13H18N2O2/c1-8-5-10(12(17-4)6-9(8)2)11-7-14-13(16)15(11)3/h5-6,11H,7H2,1-4H3,(H,14,16). The van der Waals surface area contributed by atoms with E-state index < -0.39 is 0 Å². The molecule has 1 saturated heterocycles. The molecule has 0 radical (unpaired) electrons. The first-order valence-electron chi connectivity index (χ1n) is 5.70. The molecule has 1 heterocycles. The molecule has 1 atom stereocenters. The average Bonchev–Trinajstić information content (AvgIpc) is 2.63. The van der Waals surface area contributed by atoms with Gasteiger partial charge in [0.05, 0.1) is 13.2 Å². The van der Waals surface area contributed by atoms with Gasteiger partial charge >= 0.3 is 6.03 Å². The van der Waals surface area contributed by atoms with Gasteiger partial charge in [0, 0.05) is 19.2 Å². The zero-order chi connectivity index (χ0) is 12.6. The Kier molecular flexibility index (Phi) is 2.96. The lowest BCUT2D eigenvalue weighted by molar-refractivity contribution is 0.216. The molecule has 1 aromatic carbocycles. The lowest BCUT2D eigenvalue weighted by atomic mass is 9.99. The number of carbonyl (C=O) groups excluding carboxylic acids is 1. The molecule has 0 spiro atoms. The summed E-state index contributed by atoms with van der Waals surface area (Å²) in [5, 5.41) is 2.83. The van der Waals surface area contributed by atoms with E-state index in [9.17, 15) is 4.79 Å². The second kappa shape index (κ2) is 4.28. The summed E-state index contributed by atoms with van der Waals surface area (Å²) in [6.45, 7) is 4.76. The van der Waals surface area contributed by atoms with Gasteiger partial charge in [0.1, 0.15) is 5.75 Å². The number of nitrogens with zero attached hydrogens (tertiary/aromatic N) is 1. The molecule has 2 amide bonds. The number of benzene rings is 1. The van der Waals surface area contributed by atoms with Crippen LogP contribution in [0.1, 0.15) is 22.7 Å². The molecule has 1 fully saturated rings. The molecule has 1 unspecified atom stereocenters. The van der Waals surface area contributed by atoms with Gasteiger partial charge in [0.25, 0.3) is 0 Å². The van der Waals surface area contributed by atoms with Gasteiger partial charge in [-0.3, -0.25) is 0 Å². The first kappa shape index (κ1) is 11.8. The van der Waals surface area contributed by atoms with Crippen LogP contribution in [0.25, 0.3) is 0 Å². The fourth-order valence-electron chi connectivity index (χ4n) is 2.15. The highest BCUT2D eigenvalue weighted by Gasteiger charge is 2.30. The minimum absolute atomic E-state index is 0.0321. The van der Waals surface area contributed by atoms with Crippen LogP contribution < -0.4 is 10.1 Å². The summed E-state index contributed by atoms with van der Waals surface area (Å²) in [6, 6.07) is 4.16. The van der Waals surface area contributed by atoms with Gasteiger partial charge in [-0.2, -0.15) is 0 Å². The predicted molar refractivity (Wildman–Crippen MR) is 66.4 cm³/mol. The Labute approximate surface area is 102 Å². The van der Waals surface area contributed by atoms with Crippen LogP contribution in [0.2, 0.25) is 0 Å². The number of methoxy groups -OCH3 is 1.